The van der Waals surface area contributed by atoms with Crippen LogP contribution in [0.2, 0.25) is 0 Å². The third-order valence-corrected chi connectivity index (χ3v) is 7.74. The standard InChI is InChI=1S/C27H24FI2NO3/c1-16(2)17-3-5-18(6-4-17)21-9-8-20(14-22(21)27(28,29)30)31-25(32)26(11-12-26)19-7-10-23-24(13-19)34-15-33-23/h3-10,13-14,16H,11-12,15H2,1-2H3,(H,31,32). The number of alkyl halides is 3. The number of hydrogen-bond acceptors (Lipinski definition) is 3. The predicted molar refractivity (Wildman–Crippen MR) is 149 cm³/mol. The molecule has 1 saturated carbocycles. The van der Waals surface area contributed by atoms with Crippen molar-refractivity contribution >= 4 is 56.8 Å². The fourth-order valence-electron chi connectivity index (χ4n) is 4.37. The maximum atomic E-state index is 15.3. The summed E-state index contributed by atoms with van der Waals surface area (Å²) in [6.45, 7) is 4.50. The summed E-state index contributed by atoms with van der Waals surface area (Å²) in [7, 11) is 0. The van der Waals surface area contributed by atoms with E-state index in [2.05, 4.69) is 31.3 Å². The molecule has 3 aromatic rings. The van der Waals surface area contributed by atoms with E-state index in [1.54, 1.807) is 51.2 Å². The van der Waals surface area contributed by atoms with Gasteiger partial charge in [-0.15, -0.1) is 0 Å². The fraction of sp³-hybridized carbons (Fsp3) is 0.296. The lowest BCUT2D eigenvalue weighted by Gasteiger charge is -2.20. The molecule has 1 amide bonds. The zero-order valence-corrected chi connectivity index (χ0v) is 23.1. The van der Waals surface area contributed by atoms with Crippen molar-refractivity contribution in [2.24, 2.45) is 0 Å². The number of carbonyl (C=O) groups is 1. The fourth-order valence-corrected chi connectivity index (χ4v) is 5.27. The molecule has 5 rings (SSSR count). The van der Waals surface area contributed by atoms with Crippen LogP contribution in [-0.2, 0) is 11.9 Å². The molecule has 0 saturated heterocycles. The molecule has 0 bridgehead atoms. The van der Waals surface area contributed by atoms with Crippen molar-refractivity contribution < 1.29 is 18.7 Å². The van der Waals surface area contributed by atoms with Crippen molar-refractivity contribution in [2.75, 3.05) is 12.1 Å². The number of rotatable bonds is 6. The minimum absolute atomic E-state index is 0.0854. The van der Waals surface area contributed by atoms with Gasteiger partial charge < -0.3 is 14.8 Å². The lowest BCUT2D eigenvalue weighted by Crippen LogP contribution is -2.28. The van der Waals surface area contributed by atoms with Crippen LogP contribution in [0.1, 0.15) is 49.3 Å². The summed E-state index contributed by atoms with van der Waals surface area (Å²) in [6.07, 6.45) is 1.52. The van der Waals surface area contributed by atoms with Crippen LogP contribution in [0.4, 0.5) is 10.1 Å². The molecule has 0 aromatic heterocycles. The summed E-state index contributed by atoms with van der Waals surface area (Å²) >= 11 is 3.60. The SMILES string of the molecule is CC(C)c1ccc(-c2ccc(NC(=O)C3(c4ccc5c(c4)OCO5)CC3)cc2C(F)(I)I)cc1. The number of ether oxygens (including phenoxy) is 2. The van der Waals surface area contributed by atoms with Crippen molar-refractivity contribution in [2.45, 2.75) is 39.7 Å². The Bertz CT molecular complexity index is 1250. The number of amides is 1. The highest BCUT2D eigenvalue weighted by molar-refractivity contribution is 14.2. The van der Waals surface area contributed by atoms with Crippen LogP contribution in [0.15, 0.2) is 60.7 Å². The highest BCUT2D eigenvalue weighted by Gasteiger charge is 2.51. The summed E-state index contributed by atoms with van der Waals surface area (Å²) in [5.74, 6) is 1.71. The van der Waals surface area contributed by atoms with Gasteiger partial charge in [0.25, 0.3) is 0 Å². The minimum Gasteiger partial charge on any atom is -0.454 e. The quantitative estimate of drug-likeness (QED) is 0.213. The van der Waals surface area contributed by atoms with Gasteiger partial charge in [-0.2, -0.15) is 0 Å². The van der Waals surface area contributed by atoms with Crippen LogP contribution >= 0.6 is 45.2 Å². The Kier molecular flexibility index (Phi) is 6.29. The third-order valence-electron chi connectivity index (χ3n) is 6.58. The molecule has 1 heterocycles. The Hall–Kier alpha value is -1.88. The van der Waals surface area contributed by atoms with Crippen molar-refractivity contribution in [1.29, 1.82) is 0 Å². The molecule has 176 valence electrons. The van der Waals surface area contributed by atoms with E-state index < -0.39 is 7.10 Å². The summed E-state index contributed by atoms with van der Waals surface area (Å²) in [6, 6.07) is 19.4. The average molecular weight is 683 g/mol. The molecule has 1 fully saturated rings. The molecule has 3 aromatic carbocycles. The van der Waals surface area contributed by atoms with Gasteiger partial charge in [0.15, 0.2) is 11.5 Å². The van der Waals surface area contributed by atoms with Crippen LogP contribution < -0.4 is 14.8 Å². The van der Waals surface area contributed by atoms with Crippen LogP contribution in [0.5, 0.6) is 11.5 Å². The molecule has 34 heavy (non-hydrogen) atoms. The van der Waals surface area contributed by atoms with Gasteiger partial charge >= 0.3 is 0 Å². The molecule has 1 N–H and O–H groups in total. The summed E-state index contributed by atoms with van der Waals surface area (Å²) in [5, 5.41) is 3.04. The topological polar surface area (TPSA) is 47.6 Å². The second-order valence-corrected chi connectivity index (χ2v) is 14.2. The summed E-state index contributed by atoms with van der Waals surface area (Å²) < 4.78 is 24.5. The van der Waals surface area contributed by atoms with E-state index in [-0.39, 0.29) is 12.7 Å². The second kappa shape index (κ2) is 8.96. The van der Waals surface area contributed by atoms with Crippen LogP contribution in [0.25, 0.3) is 11.1 Å². The summed E-state index contributed by atoms with van der Waals surface area (Å²) in [5.41, 5.74) is 4.44. The number of carbonyl (C=O) groups excluding carboxylic acids is 1. The zero-order chi connectivity index (χ0) is 24.1. The van der Waals surface area contributed by atoms with E-state index in [0.717, 1.165) is 29.5 Å². The molecule has 7 heteroatoms. The first kappa shape index (κ1) is 23.8. The Morgan fingerprint density at radius 2 is 1.71 bits per heavy atom. The van der Waals surface area contributed by atoms with Crippen LogP contribution in [0, 0.1) is 0 Å². The molecule has 4 nitrogen and oxygen atoms in total. The van der Waals surface area contributed by atoms with Gasteiger partial charge in [-0.3, -0.25) is 4.79 Å². The first-order chi connectivity index (χ1) is 16.2. The molecule has 0 atom stereocenters. The molecule has 0 radical (unpaired) electrons. The van der Waals surface area contributed by atoms with Gasteiger partial charge in [0.2, 0.25) is 14.4 Å². The summed E-state index contributed by atoms with van der Waals surface area (Å²) in [4.78, 5) is 13.3. The van der Waals surface area contributed by atoms with Gasteiger partial charge in [0.1, 0.15) is 0 Å². The maximum absolute atomic E-state index is 15.3. The molecule has 1 aliphatic heterocycles. The molecular formula is C27H24FI2NO3. The second-order valence-electron chi connectivity index (χ2n) is 9.14. The first-order valence-corrected chi connectivity index (χ1v) is 13.4. The van der Waals surface area contributed by atoms with Crippen molar-refractivity contribution in [3.8, 4) is 22.6 Å². The first-order valence-electron chi connectivity index (χ1n) is 11.2. The molecule has 0 unspecified atom stereocenters. The number of nitrogens with one attached hydrogen (secondary N) is 1. The molecular weight excluding hydrogens is 659 g/mol. The van der Waals surface area contributed by atoms with Gasteiger partial charge in [-0.05, 0) is 110 Å². The van der Waals surface area contributed by atoms with E-state index in [1.807, 2.05) is 42.5 Å². The van der Waals surface area contributed by atoms with Gasteiger partial charge in [0.05, 0.1) is 5.41 Å². The number of anilines is 1. The van der Waals surface area contributed by atoms with Gasteiger partial charge in [-0.25, -0.2) is 4.39 Å². The minimum atomic E-state index is -1.63. The monoisotopic (exact) mass is 683 g/mol. The molecule has 2 aliphatic rings. The van der Waals surface area contributed by atoms with Crippen LogP contribution in [0.3, 0.4) is 0 Å². The highest BCUT2D eigenvalue weighted by Crippen LogP contribution is 2.51. The van der Waals surface area contributed by atoms with Gasteiger partial charge in [-0.1, -0.05) is 50.2 Å². The van der Waals surface area contributed by atoms with E-state index in [1.165, 1.54) is 5.56 Å². The Balaban J connectivity index is 1.43. The van der Waals surface area contributed by atoms with E-state index in [0.29, 0.717) is 28.7 Å². The number of benzene rings is 3. The Labute approximate surface area is 225 Å². The molecule has 0 spiro atoms. The van der Waals surface area contributed by atoms with Crippen LogP contribution in [-0.4, -0.2) is 12.7 Å². The van der Waals surface area contributed by atoms with E-state index >= 15 is 4.39 Å². The van der Waals surface area contributed by atoms with Crippen molar-refractivity contribution in [1.82, 2.24) is 0 Å². The normalized spacial score (nSPS) is 15.9. The number of hydrogen-bond donors (Lipinski definition) is 1. The average Bonchev–Trinajstić information content (AvgIpc) is 3.49. The van der Waals surface area contributed by atoms with Crippen molar-refractivity contribution in [3.05, 3.63) is 77.4 Å². The van der Waals surface area contributed by atoms with Gasteiger partial charge in [0, 0.05) is 11.3 Å². The third kappa shape index (κ3) is 4.53. The Morgan fingerprint density at radius 3 is 2.35 bits per heavy atom. The lowest BCUT2D eigenvalue weighted by molar-refractivity contribution is -0.118. The van der Waals surface area contributed by atoms with Crippen molar-refractivity contribution in [3.63, 3.8) is 0 Å². The highest BCUT2D eigenvalue weighted by atomic mass is 127. The lowest BCUT2D eigenvalue weighted by atomic mass is 9.94. The van der Waals surface area contributed by atoms with E-state index in [4.69, 9.17) is 9.47 Å². The molecule has 1 aliphatic carbocycles. The maximum Gasteiger partial charge on any atom is 0.236 e. The Morgan fingerprint density at radius 1 is 1.00 bits per heavy atom. The largest absolute Gasteiger partial charge is 0.454 e. The van der Waals surface area contributed by atoms with E-state index in [9.17, 15) is 4.79 Å². The zero-order valence-electron chi connectivity index (χ0n) is 18.8. The smallest absolute Gasteiger partial charge is 0.236 e. The number of halogens is 3. The predicted octanol–water partition coefficient (Wildman–Crippen LogP) is 7.83. The number of fused-ring (bicyclic) bond motifs is 1.